The summed E-state index contributed by atoms with van der Waals surface area (Å²) in [6.07, 6.45) is 10.4. The standard InChI is InChI=1S/C26H30N6O3/c1-15-21-12-28-26(30-24(21)32(17-5-3-4-6-17)25(34)23(15)16(2)33)29-22-10-7-18(11-27-22)31-13-19-8-9-20(14-31)35-19/h7,10-12,17,19-20H,3-6,8-9,13-14H2,1-2H3,(H,27,28,29,30). The predicted molar refractivity (Wildman–Crippen MR) is 134 cm³/mol. The van der Waals surface area contributed by atoms with Gasteiger partial charge in [-0.05, 0) is 57.2 Å². The first-order chi connectivity index (χ1) is 17.0. The van der Waals surface area contributed by atoms with Crippen molar-refractivity contribution in [3.05, 3.63) is 46.0 Å². The molecule has 3 aliphatic rings. The number of rotatable bonds is 5. The van der Waals surface area contributed by atoms with Gasteiger partial charge in [0.15, 0.2) is 5.78 Å². The molecule has 0 amide bonds. The average Bonchev–Trinajstić information content (AvgIpc) is 3.49. The van der Waals surface area contributed by atoms with E-state index in [4.69, 9.17) is 9.72 Å². The second kappa shape index (κ2) is 8.71. The molecule has 1 N–H and O–H groups in total. The van der Waals surface area contributed by atoms with Gasteiger partial charge in [0, 0.05) is 30.7 Å². The summed E-state index contributed by atoms with van der Waals surface area (Å²) in [5.74, 6) is 0.792. The normalized spacial score (nSPS) is 22.2. The van der Waals surface area contributed by atoms with Gasteiger partial charge in [-0.15, -0.1) is 0 Å². The van der Waals surface area contributed by atoms with Gasteiger partial charge < -0.3 is 15.0 Å². The van der Waals surface area contributed by atoms with Gasteiger partial charge in [0.2, 0.25) is 5.95 Å². The molecule has 5 heterocycles. The first-order valence-electron chi connectivity index (χ1n) is 12.5. The van der Waals surface area contributed by atoms with Crippen molar-refractivity contribution in [2.24, 2.45) is 0 Å². The van der Waals surface area contributed by atoms with Crippen molar-refractivity contribution in [3.8, 4) is 0 Å². The molecule has 9 nitrogen and oxygen atoms in total. The zero-order valence-corrected chi connectivity index (χ0v) is 20.2. The van der Waals surface area contributed by atoms with Crippen LogP contribution in [0.1, 0.15) is 67.4 Å². The van der Waals surface area contributed by atoms with Crippen LogP contribution in [0.15, 0.2) is 29.3 Å². The first-order valence-corrected chi connectivity index (χ1v) is 12.5. The lowest BCUT2D eigenvalue weighted by Crippen LogP contribution is -2.42. The second-order valence-corrected chi connectivity index (χ2v) is 9.99. The topological polar surface area (TPSA) is 102 Å². The largest absolute Gasteiger partial charge is 0.371 e. The van der Waals surface area contributed by atoms with Gasteiger partial charge in [-0.3, -0.25) is 14.2 Å². The van der Waals surface area contributed by atoms with Crippen molar-refractivity contribution in [2.75, 3.05) is 23.3 Å². The molecule has 2 aliphatic heterocycles. The highest BCUT2D eigenvalue weighted by atomic mass is 16.5. The molecule has 182 valence electrons. The van der Waals surface area contributed by atoms with Gasteiger partial charge in [-0.25, -0.2) is 9.97 Å². The lowest BCUT2D eigenvalue weighted by atomic mass is 10.0. The van der Waals surface area contributed by atoms with Crippen molar-refractivity contribution in [2.45, 2.75) is 70.6 Å². The number of aromatic nitrogens is 4. The van der Waals surface area contributed by atoms with Crippen LogP contribution in [0.25, 0.3) is 11.0 Å². The van der Waals surface area contributed by atoms with E-state index in [0.29, 0.717) is 35.2 Å². The van der Waals surface area contributed by atoms with Gasteiger partial charge in [0.05, 0.1) is 29.7 Å². The number of Topliss-reactive ketones (excluding diaryl/α,β-unsaturated/α-hetero) is 1. The summed E-state index contributed by atoms with van der Waals surface area (Å²) in [7, 11) is 0. The minimum atomic E-state index is -0.249. The molecule has 2 unspecified atom stereocenters. The van der Waals surface area contributed by atoms with Gasteiger partial charge in [-0.2, -0.15) is 4.98 Å². The van der Waals surface area contributed by atoms with Crippen LogP contribution in [0.4, 0.5) is 17.5 Å². The van der Waals surface area contributed by atoms with Crippen molar-refractivity contribution >= 4 is 34.3 Å². The van der Waals surface area contributed by atoms with E-state index in [1.807, 2.05) is 12.3 Å². The van der Waals surface area contributed by atoms with Crippen LogP contribution < -0.4 is 15.8 Å². The molecule has 9 heteroatoms. The van der Waals surface area contributed by atoms with Gasteiger partial charge in [0.1, 0.15) is 11.5 Å². The van der Waals surface area contributed by atoms with E-state index in [0.717, 1.165) is 62.7 Å². The Kier molecular flexibility index (Phi) is 5.51. The van der Waals surface area contributed by atoms with Crippen LogP contribution in [-0.4, -0.2) is 50.6 Å². The molecule has 0 radical (unpaired) electrons. The second-order valence-electron chi connectivity index (χ2n) is 9.99. The fourth-order valence-corrected chi connectivity index (χ4v) is 5.90. The SMILES string of the molecule is CC(=O)c1c(C)c2cnc(Nc3ccc(N4CC5CCC(C4)O5)cn3)nc2n(C2CCCC2)c1=O. The number of hydrogen-bond acceptors (Lipinski definition) is 8. The summed E-state index contributed by atoms with van der Waals surface area (Å²) in [6.45, 7) is 5.05. The Morgan fingerprint density at radius 2 is 1.80 bits per heavy atom. The van der Waals surface area contributed by atoms with Crippen LogP contribution in [0, 0.1) is 6.92 Å². The monoisotopic (exact) mass is 474 g/mol. The molecule has 35 heavy (non-hydrogen) atoms. The van der Waals surface area contributed by atoms with Crippen molar-refractivity contribution in [3.63, 3.8) is 0 Å². The number of nitrogens with one attached hydrogen (secondary N) is 1. The quantitative estimate of drug-likeness (QED) is 0.555. The number of hydrogen-bond donors (Lipinski definition) is 1. The number of anilines is 3. The molecular weight excluding hydrogens is 444 g/mol. The lowest BCUT2D eigenvalue weighted by molar-refractivity contribution is 0.0305. The number of ether oxygens (including phenoxy) is 1. The molecule has 1 aliphatic carbocycles. The fourth-order valence-electron chi connectivity index (χ4n) is 5.90. The van der Waals surface area contributed by atoms with Crippen LogP contribution >= 0.6 is 0 Å². The molecule has 1 saturated carbocycles. The van der Waals surface area contributed by atoms with E-state index in [9.17, 15) is 9.59 Å². The van der Waals surface area contributed by atoms with Crippen LogP contribution in [0.5, 0.6) is 0 Å². The highest BCUT2D eigenvalue weighted by Crippen LogP contribution is 2.32. The Labute approximate surface area is 203 Å². The van der Waals surface area contributed by atoms with E-state index in [1.165, 1.54) is 6.92 Å². The average molecular weight is 475 g/mol. The number of morpholine rings is 1. The summed E-state index contributed by atoms with van der Waals surface area (Å²) in [5, 5.41) is 3.93. The summed E-state index contributed by atoms with van der Waals surface area (Å²) < 4.78 is 7.66. The Hall–Kier alpha value is -3.33. The molecule has 0 aromatic carbocycles. The van der Waals surface area contributed by atoms with Gasteiger partial charge >= 0.3 is 0 Å². The zero-order valence-electron chi connectivity index (χ0n) is 20.2. The highest BCUT2D eigenvalue weighted by Gasteiger charge is 2.33. The maximum Gasteiger partial charge on any atom is 0.263 e. The Bertz CT molecular complexity index is 1330. The van der Waals surface area contributed by atoms with Crippen LogP contribution in [-0.2, 0) is 4.74 Å². The Balaban J connectivity index is 1.32. The van der Waals surface area contributed by atoms with E-state index in [2.05, 4.69) is 26.3 Å². The van der Waals surface area contributed by atoms with Crippen molar-refractivity contribution in [1.82, 2.24) is 19.5 Å². The smallest absolute Gasteiger partial charge is 0.263 e. The molecule has 3 aromatic heterocycles. The van der Waals surface area contributed by atoms with Crippen LogP contribution in [0.3, 0.4) is 0 Å². The summed E-state index contributed by atoms with van der Waals surface area (Å²) >= 11 is 0. The number of carbonyl (C=O) groups excluding carboxylic acids is 1. The third kappa shape index (κ3) is 3.97. The molecule has 2 atom stereocenters. The number of pyridine rings is 2. The first kappa shape index (κ1) is 22.2. The van der Waals surface area contributed by atoms with E-state index >= 15 is 0 Å². The third-order valence-electron chi connectivity index (χ3n) is 7.65. The van der Waals surface area contributed by atoms with E-state index < -0.39 is 0 Å². The van der Waals surface area contributed by atoms with Crippen molar-refractivity contribution < 1.29 is 9.53 Å². The molecule has 3 aromatic rings. The van der Waals surface area contributed by atoms with E-state index in [-0.39, 0.29) is 22.9 Å². The van der Waals surface area contributed by atoms with Crippen LogP contribution in [0.2, 0.25) is 0 Å². The number of aryl methyl sites for hydroxylation is 1. The third-order valence-corrected chi connectivity index (χ3v) is 7.65. The van der Waals surface area contributed by atoms with Gasteiger partial charge in [-0.1, -0.05) is 12.8 Å². The number of carbonyl (C=O) groups is 1. The number of nitrogens with zero attached hydrogens (tertiary/aromatic N) is 5. The number of fused-ring (bicyclic) bond motifs is 3. The van der Waals surface area contributed by atoms with E-state index in [1.54, 1.807) is 17.7 Å². The maximum atomic E-state index is 13.4. The molecule has 0 spiro atoms. The summed E-state index contributed by atoms with van der Waals surface area (Å²) in [6, 6.07) is 4.03. The molecular formula is C26H30N6O3. The van der Waals surface area contributed by atoms with Gasteiger partial charge in [0.25, 0.3) is 5.56 Å². The summed E-state index contributed by atoms with van der Waals surface area (Å²) in [5.41, 5.74) is 2.28. The maximum absolute atomic E-state index is 13.4. The minimum Gasteiger partial charge on any atom is -0.371 e. The molecule has 6 rings (SSSR count). The Morgan fingerprint density at radius 3 is 2.46 bits per heavy atom. The summed E-state index contributed by atoms with van der Waals surface area (Å²) in [4.78, 5) is 41.8. The zero-order chi connectivity index (χ0) is 24.1. The molecule has 2 saturated heterocycles. The highest BCUT2D eigenvalue weighted by molar-refractivity contribution is 5.99. The molecule has 2 bridgehead atoms. The molecule has 3 fully saturated rings. The fraction of sp³-hybridized carbons (Fsp3) is 0.500. The Morgan fingerprint density at radius 1 is 1.06 bits per heavy atom. The predicted octanol–water partition coefficient (Wildman–Crippen LogP) is 3.92. The lowest BCUT2D eigenvalue weighted by Gasteiger charge is -2.33. The number of ketones is 1. The minimum absolute atomic E-state index is 0.0488. The van der Waals surface area contributed by atoms with Crippen molar-refractivity contribution in [1.29, 1.82) is 0 Å².